The molecule has 0 saturated heterocycles. The topological polar surface area (TPSA) is 81.9 Å². The van der Waals surface area contributed by atoms with Gasteiger partial charge in [-0.3, -0.25) is 4.99 Å². The monoisotopic (exact) mass is 563 g/mol. The van der Waals surface area contributed by atoms with Crippen LogP contribution in [0.2, 0.25) is 0 Å². The van der Waals surface area contributed by atoms with Gasteiger partial charge in [0.2, 0.25) is 0 Å². The molecule has 9 heteroatoms. The quantitative estimate of drug-likeness (QED) is 0.176. The summed E-state index contributed by atoms with van der Waals surface area (Å²) in [6.45, 7) is 4.08. The molecule has 3 aromatic rings. The highest BCUT2D eigenvalue weighted by molar-refractivity contribution is 14.0. The maximum absolute atomic E-state index is 5.80. The van der Waals surface area contributed by atoms with Gasteiger partial charge in [0.1, 0.15) is 5.75 Å². The summed E-state index contributed by atoms with van der Waals surface area (Å²) < 4.78 is 19.3. The molecule has 0 saturated carbocycles. The highest BCUT2D eigenvalue weighted by Crippen LogP contribution is 2.32. The van der Waals surface area contributed by atoms with Crippen LogP contribution >= 0.6 is 24.0 Å². The molecular formula is C24H30IN5O3. The number of guanidine groups is 1. The van der Waals surface area contributed by atoms with Crippen molar-refractivity contribution < 1.29 is 14.2 Å². The number of benzene rings is 2. The lowest BCUT2D eigenvalue weighted by atomic mass is 10.2. The number of rotatable bonds is 9. The van der Waals surface area contributed by atoms with E-state index in [0.29, 0.717) is 38.9 Å². The summed E-state index contributed by atoms with van der Waals surface area (Å²) in [6.07, 6.45) is 7.21. The molecule has 0 bridgehead atoms. The summed E-state index contributed by atoms with van der Waals surface area (Å²) in [5.74, 6) is 3.11. The van der Waals surface area contributed by atoms with Crippen LogP contribution in [0.1, 0.15) is 12.8 Å². The highest BCUT2D eigenvalue weighted by atomic mass is 127. The number of ether oxygens (including phenoxy) is 3. The molecule has 1 aliphatic rings. The Morgan fingerprint density at radius 2 is 1.94 bits per heavy atom. The molecule has 1 aliphatic heterocycles. The average Bonchev–Trinajstić information content (AvgIpc) is 3.23. The molecular weight excluding hydrogens is 533 g/mol. The number of fused-ring (bicyclic) bond motifs is 1. The van der Waals surface area contributed by atoms with Crippen LogP contribution in [0.4, 0.5) is 5.69 Å². The molecule has 176 valence electrons. The number of nitrogens with one attached hydrogen (secondary N) is 2. The van der Waals surface area contributed by atoms with Crippen LogP contribution in [0, 0.1) is 0 Å². The molecule has 0 spiro atoms. The predicted molar refractivity (Wildman–Crippen MR) is 140 cm³/mol. The van der Waals surface area contributed by atoms with E-state index in [1.807, 2.05) is 59.3 Å². The summed E-state index contributed by atoms with van der Waals surface area (Å²) in [5.41, 5.74) is 0.892. The summed E-state index contributed by atoms with van der Waals surface area (Å²) >= 11 is 0. The largest absolute Gasteiger partial charge is 0.494 e. The molecule has 1 aromatic heterocycles. The molecule has 8 nitrogen and oxygen atoms in total. The van der Waals surface area contributed by atoms with Gasteiger partial charge in [-0.1, -0.05) is 18.2 Å². The number of aromatic nitrogens is 2. The second kappa shape index (κ2) is 13.6. The van der Waals surface area contributed by atoms with E-state index in [2.05, 4.69) is 15.6 Å². The molecule has 0 fully saturated rings. The number of para-hydroxylation sites is 1. The number of imidazole rings is 1. The third-order valence-corrected chi connectivity index (χ3v) is 4.82. The van der Waals surface area contributed by atoms with Gasteiger partial charge in [-0.2, -0.15) is 0 Å². The van der Waals surface area contributed by atoms with Crippen molar-refractivity contribution in [2.75, 3.05) is 38.2 Å². The number of hydrogen-bond acceptors (Lipinski definition) is 5. The zero-order chi connectivity index (χ0) is 21.8. The number of hydrogen-bond donors (Lipinski definition) is 2. The number of anilines is 1. The standard InChI is InChI=1S/C24H29N5O3.HI/c1-2-6-21(7-3-1)30-15-4-10-26-24(27-12-14-29-13-11-25-19-29)28-20-8-9-22-23(18-20)32-17-5-16-31-22;/h1-3,6-9,11,13,18-19H,4-5,10,12,14-17H2,(H2,26,27,28);1H. The van der Waals surface area contributed by atoms with Crippen molar-refractivity contribution in [1.29, 1.82) is 0 Å². The maximum Gasteiger partial charge on any atom is 0.195 e. The molecule has 2 heterocycles. The van der Waals surface area contributed by atoms with E-state index in [4.69, 9.17) is 19.2 Å². The van der Waals surface area contributed by atoms with E-state index in [9.17, 15) is 0 Å². The lowest BCUT2D eigenvalue weighted by Gasteiger charge is -2.15. The van der Waals surface area contributed by atoms with Gasteiger partial charge in [0.25, 0.3) is 0 Å². The summed E-state index contributed by atoms with van der Waals surface area (Å²) in [7, 11) is 0. The van der Waals surface area contributed by atoms with E-state index in [1.165, 1.54) is 0 Å². The fraction of sp³-hybridized carbons (Fsp3) is 0.333. The Balaban J connectivity index is 0.00000306. The van der Waals surface area contributed by atoms with Crippen molar-refractivity contribution in [3.8, 4) is 17.2 Å². The second-order valence-electron chi connectivity index (χ2n) is 7.31. The van der Waals surface area contributed by atoms with Crippen molar-refractivity contribution in [2.45, 2.75) is 19.4 Å². The van der Waals surface area contributed by atoms with Crippen LogP contribution < -0.4 is 24.8 Å². The smallest absolute Gasteiger partial charge is 0.195 e. The molecule has 0 radical (unpaired) electrons. The van der Waals surface area contributed by atoms with Crippen molar-refractivity contribution in [1.82, 2.24) is 14.9 Å². The lowest BCUT2D eigenvalue weighted by molar-refractivity contribution is 0.297. The average molecular weight is 563 g/mol. The minimum Gasteiger partial charge on any atom is -0.494 e. The van der Waals surface area contributed by atoms with Gasteiger partial charge in [0, 0.05) is 56.6 Å². The second-order valence-corrected chi connectivity index (χ2v) is 7.31. The molecule has 33 heavy (non-hydrogen) atoms. The van der Waals surface area contributed by atoms with E-state index in [-0.39, 0.29) is 24.0 Å². The third kappa shape index (κ3) is 8.16. The predicted octanol–water partition coefficient (Wildman–Crippen LogP) is 4.19. The number of halogens is 1. The number of aliphatic imine (C=N–C) groups is 1. The van der Waals surface area contributed by atoms with Gasteiger partial charge in [0.15, 0.2) is 17.5 Å². The zero-order valence-corrected chi connectivity index (χ0v) is 20.8. The van der Waals surface area contributed by atoms with Gasteiger partial charge in [-0.05, 0) is 24.3 Å². The van der Waals surface area contributed by atoms with E-state index < -0.39 is 0 Å². The fourth-order valence-corrected chi connectivity index (χ4v) is 3.20. The van der Waals surface area contributed by atoms with E-state index >= 15 is 0 Å². The van der Waals surface area contributed by atoms with Crippen LogP contribution in [-0.2, 0) is 6.54 Å². The number of nitrogens with zero attached hydrogens (tertiary/aromatic N) is 3. The minimum absolute atomic E-state index is 0. The molecule has 0 atom stereocenters. The normalized spacial score (nSPS) is 12.9. The Labute approximate surface area is 211 Å². The van der Waals surface area contributed by atoms with Crippen LogP contribution in [0.25, 0.3) is 0 Å². The Kier molecular flexibility index (Phi) is 10.1. The van der Waals surface area contributed by atoms with E-state index in [1.54, 1.807) is 12.5 Å². The van der Waals surface area contributed by atoms with Gasteiger partial charge in [-0.25, -0.2) is 4.98 Å². The van der Waals surface area contributed by atoms with Crippen molar-refractivity contribution in [3.63, 3.8) is 0 Å². The SMILES string of the molecule is I.c1ccc(OCCCN=C(NCCn2ccnc2)Nc2ccc3c(c2)OCCCO3)cc1. The van der Waals surface area contributed by atoms with Gasteiger partial charge in [-0.15, -0.1) is 24.0 Å². The first-order valence-corrected chi connectivity index (χ1v) is 11.0. The van der Waals surface area contributed by atoms with Crippen LogP contribution in [0.5, 0.6) is 17.2 Å². The van der Waals surface area contributed by atoms with E-state index in [0.717, 1.165) is 42.3 Å². The fourth-order valence-electron chi connectivity index (χ4n) is 3.20. The lowest BCUT2D eigenvalue weighted by Crippen LogP contribution is -2.33. The van der Waals surface area contributed by atoms with Crippen LogP contribution in [0.3, 0.4) is 0 Å². The first-order chi connectivity index (χ1) is 15.9. The molecule has 0 unspecified atom stereocenters. The van der Waals surface area contributed by atoms with Gasteiger partial charge < -0.3 is 29.4 Å². The zero-order valence-electron chi connectivity index (χ0n) is 18.5. The summed E-state index contributed by atoms with van der Waals surface area (Å²) in [6, 6.07) is 15.7. The molecule has 2 aromatic carbocycles. The molecule has 2 N–H and O–H groups in total. The van der Waals surface area contributed by atoms with Gasteiger partial charge in [0.05, 0.1) is 26.1 Å². The third-order valence-electron chi connectivity index (χ3n) is 4.82. The van der Waals surface area contributed by atoms with Crippen LogP contribution in [-0.4, -0.2) is 48.4 Å². The van der Waals surface area contributed by atoms with Crippen molar-refractivity contribution in [2.24, 2.45) is 4.99 Å². The Bertz CT molecular complexity index is 983. The molecule has 4 rings (SSSR count). The Morgan fingerprint density at radius 3 is 2.76 bits per heavy atom. The Morgan fingerprint density at radius 1 is 1.09 bits per heavy atom. The summed E-state index contributed by atoms with van der Waals surface area (Å²) in [4.78, 5) is 8.80. The van der Waals surface area contributed by atoms with Crippen LogP contribution in [0.15, 0.2) is 72.2 Å². The van der Waals surface area contributed by atoms with Gasteiger partial charge >= 0.3 is 0 Å². The summed E-state index contributed by atoms with van der Waals surface area (Å²) in [5, 5.41) is 6.76. The minimum atomic E-state index is 0. The van der Waals surface area contributed by atoms with Crippen molar-refractivity contribution in [3.05, 3.63) is 67.3 Å². The highest BCUT2D eigenvalue weighted by Gasteiger charge is 2.11. The molecule has 0 amide bonds. The van der Waals surface area contributed by atoms with Crippen molar-refractivity contribution >= 4 is 35.6 Å². The molecule has 0 aliphatic carbocycles. The Hall–Kier alpha value is -2.95. The maximum atomic E-state index is 5.80. The first kappa shape index (κ1) is 24.7. The first-order valence-electron chi connectivity index (χ1n) is 11.0.